The average molecular weight is 973 g/mol. The van der Waals surface area contributed by atoms with Gasteiger partial charge in [-0.3, -0.25) is 13.7 Å². The van der Waals surface area contributed by atoms with Crippen molar-refractivity contribution in [3.8, 4) is 62.1 Å². The third-order valence-corrected chi connectivity index (χ3v) is 11.7. The zero-order valence-corrected chi connectivity index (χ0v) is 35.5. The summed E-state index contributed by atoms with van der Waals surface area (Å²) in [5.41, 5.74) is 15.3. The summed E-state index contributed by atoms with van der Waals surface area (Å²) in [7, 11) is 0. The minimum absolute atomic E-state index is 0. The van der Waals surface area contributed by atoms with Gasteiger partial charge in [-0.25, -0.2) is 21.1 Å². The monoisotopic (exact) mass is 972 g/mol. The topological polar surface area (TPSA) is 40.6 Å². The van der Waals surface area contributed by atoms with Gasteiger partial charge in [-0.15, -0.1) is 23.8 Å². The molecule has 0 saturated heterocycles. The first-order valence-electron chi connectivity index (χ1n) is 20.5. The second kappa shape index (κ2) is 15.5. The summed E-state index contributed by atoms with van der Waals surface area (Å²) in [6.07, 6.45) is 0. The van der Waals surface area contributed by atoms with Gasteiger partial charge in [0.25, 0.3) is 0 Å². The number of fused-ring (bicyclic) bond motifs is 5. The molecule has 0 amide bonds. The number of aromatic nitrogens is 5. The summed E-state index contributed by atoms with van der Waals surface area (Å²) in [5, 5.41) is 2.22. The summed E-state index contributed by atoms with van der Waals surface area (Å²) in [5.74, 6) is 1.60. The van der Waals surface area contributed by atoms with Gasteiger partial charge in [0.05, 0.1) is 16.6 Å². The van der Waals surface area contributed by atoms with Crippen LogP contribution in [0, 0.1) is 12.1 Å². The quantitative estimate of drug-likeness (QED) is 0.149. The largest absolute Gasteiger partial charge is 2.00 e. The van der Waals surface area contributed by atoms with E-state index in [0.717, 1.165) is 100 Å². The standard InChI is InChI=1S/C56H35N5.Pt/c1-5-16-38(17-6-1)40-28-30-41(31-29-40)43-32-34-46-48-36-42(39-18-7-2-8-19-39)33-35-50(48)61(53(46)37-43)56-58-54-47(24-15-27-52(54)60(56)45-22-11-4-12-23-45)55-57-49-25-13-14-26-51(49)59(55)44-20-9-3-10-21-44;/h1-30,32-36H;/q-2;+2. The van der Waals surface area contributed by atoms with E-state index in [2.05, 4.69) is 220 Å². The van der Waals surface area contributed by atoms with Crippen molar-refractivity contribution in [3.63, 3.8) is 0 Å². The van der Waals surface area contributed by atoms with E-state index in [4.69, 9.17) is 9.97 Å². The molecule has 0 unspecified atom stereocenters. The van der Waals surface area contributed by atoms with Gasteiger partial charge in [0, 0.05) is 22.5 Å². The molecular weight excluding hydrogens is 938 g/mol. The molecule has 0 bridgehead atoms. The van der Waals surface area contributed by atoms with E-state index in [1.807, 2.05) is 18.2 Å². The molecule has 0 atom stereocenters. The summed E-state index contributed by atoms with van der Waals surface area (Å²) in [6.45, 7) is 0. The molecule has 3 aromatic heterocycles. The molecule has 9 aromatic carbocycles. The summed E-state index contributed by atoms with van der Waals surface area (Å²) < 4.78 is 6.81. The van der Waals surface area contributed by atoms with Gasteiger partial charge >= 0.3 is 21.1 Å². The van der Waals surface area contributed by atoms with E-state index >= 15 is 0 Å². The molecule has 12 aromatic rings. The first kappa shape index (κ1) is 37.4. The fraction of sp³-hybridized carbons (Fsp3) is 0. The van der Waals surface area contributed by atoms with Crippen molar-refractivity contribution in [3.05, 3.63) is 224 Å². The van der Waals surface area contributed by atoms with E-state index < -0.39 is 0 Å². The number of imidazole rings is 2. The Kier molecular flexibility index (Phi) is 9.33. The van der Waals surface area contributed by atoms with E-state index in [0.29, 0.717) is 0 Å². The molecule has 6 heteroatoms. The molecule has 62 heavy (non-hydrogen) atoms. The smallest absolute Gasteiger partial charge is 0.299 e. The molecule has 0 radical (unpaired) electrons. The maximum atomic E-state index is 5.69. The number of hydrogen-bond donors (Lipinski definition) is 0. The maximum Gasteiger partial charge on any atom is 2.00 e. The molecule has 0 fully saturated rings. The van der Waals surface area contributed by atoms with Crippen LogP contribution in [0.2, 0.25) is 0 Å². The van der Waals surface area contributed by atoms with Gasteiger partial charge in [0.1, 0.15) is 11.3 Å². The van der Waals surface area contributed by atoms with Crippen LogP contribution in [0.5, 0.6) is 0 Å². The van der Waals surface area contributed by atoms with Crippen LogP contribution in [0.1, 0.15) is 0 Å². The molecule has 0 aliphatic carbocycles. The molecule has 0 N–H and O–H groups in total. The average Bonchev–Trinajstić information content (AvgIpc) is 4.02. The fourth-order valence-electron chi connectivity index (χ4n) is 8.81. The van der Waals surface area contributed by atoms with Gasteiger partial charge in [-0.1, -0.05) is 138 Å². The molecule has 3 heterocycles. The van der Waals surface area contributed by atoms with Crippen LogP contribution in [0.4, 0.5) is 0 Å². The van der Waals surface area contributed by atoms with Gasteiger partial charge in [0.2, 0.25) is 5.95 Å². The van der Waals surface area contributed by atoms with Crippen LogP contribution in [0.25, 0.3) is 106 Å². The first-order chi connectivity index (χ1) is 30.3. The Morgan fingerprint density at radius 3 is 1.73 bits per heavy atom. The van der Waals surface area contributed by atoms with Crippen LogP contribution in [0.15, 0.2) is 212 Å². The van der Waals surface area contributed by atoms with Crippen molar-refractivity contribution < 1.29 is 21.1 Å². The van der Waals surface area contributed by atoms with Gasteiger partial charge < -0.3 is 0 Å². The van der Waals surface area contributed by atoms with Crippen molar-refractivity contribution in [2.75, 3.05) is 0 Å². The number of para-hydroxylation sites is 5. The zero-order chi connectivity index (χ0) is 40.3. The summed E-state index contributed by atoms with van der Waals surface area (Å²) in [4.78, 5) is 11.0. The first-order valence-corrected chi connectivity index (χ1v) is 20.5. The Morgan fingerprint density at radius 2 is 1.02 bits per heavy atom. The third kappa shape index (κ3) is 6.20. The minimum atomic E-state index is 0. The van der Waals surface area contributed by atoms with Crippen LogP contribution in [0.3, 0.4) is 0 Å². The van der Waals surface area contributed by atoms with E-state index in [1.165, 1.54) is 5.56 Å². The predicted molar refractivity (Wildman–Crippen MR) is 249 cm³/mol. The Morgan fingerprint density at radius 1 is 0.403 bits per heavy atom. The van der Waals surface area contributed by atoms with Crippen LogP contribution in [-0.2, 0) is 21.1 Å². The normalized spacial score (nSPS) is 11.4. The third-order valence-electron chi connectivity index (χ3n) is 11.7. The Hall–Kier alpha value is -7.59. The molecule has 294 valence electrons. The van der Waals surface area contributed by atoms with E-state index in [9.17, 15) is 0 Å². The van der Waals surface area contributed by atoms with Crippen LogP contribution in [-0.4, -0.2) is 23.7 Å². The number of nitrogens with zero attached hydrogens (tertiary/aromatic N) is 5. The number of benzene rings is 9. The van der Waals surface area contributed by atoms with Crippen molar-refractivity contribution in [1.82, 2.24) is 23.7 Å². The molecule has 0 spiro atoms. The van der Waals surface area contributed by atoms with Gasteiger partial charge in [-0.05, 0) is 76.6 Å². The summed E-state index contributed by atoms with van der Waals surface area (Å²) in [6, 6.07) is 81.8. The molecule has 12 rings (SSSR count). The van der Waals surface area contributed by atoms with Crippen LogP contribution < -0.4 is 0 Å². The molecule has 5 nitrogen and oxygen atoms in total. The SMILES string of the molecule is [Pt+2].[c-]1cc(-c2ccccc2)ccc1-c1[c-]c2c(cc1)c1cc(-c3ccccc3)ccc1n2-c1nc2c(-c3nc4ccccc4n3-c3ccccc3)cccc2n1-c1ccccc1. The molecular formula is C56H35N5Pt. The summed E-state index contributed by atoms with van der Waals surface area (Å²) >= 11 is 0. The van der Waals surface area contributed by atoms with Crippen molar-refractivity contribution in [2.45, 2.75) is 0 Å². The minimum Gasteiger partial charge on any atom is -0.299 e. The Balaban J connectivity index is 0.00000432. The molecule has 0 aliphatic rings. The predicted octanol–water partition coefficient (Wildman–Crippen LogP) is 13.7. The van der Waals surface area contributed by atoms with Crippen molar-refractivity contribution >= 4 is 43.9 Å². The number of hydrogen-bond acceptors (Lipinski definition) is 2. The van der Waals surface area contributed by atoms with Crippen molar-refractivity contribution in [2.24, 2.45) is 0 Å². The number of rotatable bonds is 7. The second-order valence-corrected chi connectivity index (χ2v) is 15.3. The van der Waals surface area contributed by atoms with Crippen molar-refractivity contribution in [1.29, 1.82) is 0 Å². The molecule has 0 aliphatic heterocycles. The second-order valence-electron chi connectivity index (χ2n) is 15.3. The Bertz CT molecular complexity index is 3550. The van der Waals surface area contributed by atoms with Crippen LogP contribution >= 0.6 is 0 Å². The van der Waals surface area contributed by atoms with E-state index in [-0.39, 0.29) is 21.1 Å². The Labute approximate surface area is 373 Å². The zero-order valence-electron chi connectivity index (χ0n) is 33.3. The van der Waals surface area contributed by atoms with E-state index in [1.54, 1.807) is 0 Å². The maximum absolute atomic E-state index is 5.69. The molecule has 0 saturated carbocycles. The van der Waals surface area contributed by atoms with Gasteiger partial charge in [0.15, 0.2) is 0 Å². The van der Waals surface area contributed by atoms with Gasteiger partial charge in [-0.2, -0.15) is 24.3 Å². The fourth-order valence-corrected chi connectivity index (χ4v) is 8.81.